The topological polar surface area (TPSA) is 77.0 Å². The number of likely N-dealkylation sites (tertiary alicyclic amines) is 1. The monoisotopic (exact) mass is 345 g/mol. The van der Waals surface area contributed by atoms with Gasteiger partial charge in [-0.25, -0.2) is 0 Å². The molecule has 1 aliphatic heterocycles. The molecule has 25 heavy (non-hydrogen) atoms. The Morgan fingerprint density at radius 2 is 2.24 bits per heavy atom. The summed E-state index contributed by atoms with van der Waals surface area (Å²) in [5, 5.41) is 8.27. The third kappa shape index (κ3) is 4.46. The van der Waals surface area contributed by atoms with Gasteiger partial charge >= 0.3 is 0 Å². The van der Waals surface area contributed by atoms with Gasteiger partial charge in [0.05, 0.1) is 12.6 Å². The Kier molecular flexibility index (Phi) is 5.20. The van der Waals surface area contributed by atoms with Gasteiger partial charge in [-0.2, -0.15) is 10.1 Å². The van der Waals surface area contributed by atoms with Crippen LogP contribution in [0.3, 0.4) is 0 Å². The molecule has 3 rings (SSSR count). The molecule has 1 fully saturated rings. The molecule has 0 saturated carbocycles. The van der Waals surface area contributed by atoms with Crippen molar-refractivity contribution in [2.45, 2.75) is 70.9 Å². The van der Waals surface area contributed by atoms with E-state index in [-0.39, 0.29) is 17.4 Å². The zero-order valence-corrected chi connectivity index (χ0v) is 15.3. The van der Waals surface area contributed by atoms with Gasteiger partial charge in [-0.1, -0.05) is 25.9 Å². The maximum Gasteiger partial charge on any atom is 0.226 e. The Balaban J connectivity index is 1.48. The lowest BCUT2D eigenvalue weighted by atomic mass is 9.96. The second kappa shape index (κ2) is 7.37. The van der Waals surface area contributed by atoms with Crippen LogP contribution in [0, 0.1) is 0 Å². The molecular formula is C18H27N5O2. The zero-order valence-electron chi connectivity index (χ0n) is 15.3. The lowest BCUT2D eigenvalue weighted by Crippen LogP contribution is -2.38. The predicted octanol–water partition coefficient (Wildman–Crippen LogP) is 2.58. The summed E-state index contributed by atoms with van der Waals surface area (Å²) in [5.74, 6) is 1.55. The van der Waals surface area contributed by atoms with Crippen LogP contribution < -0.4 is 0 Å². The van der Waals surface area contributed by atoms with Crippen LogP contribution in [0.2, 0.25) is 0 Å². The fourth-order valence-corrected chi connectivity index (χ4v) is 3.17. The molecule has 1 aliphatic rings. The SMILES string of the molecule is CC(C)(C)c1noc(CCCC(=O)N2CCC[C@@H]2Cn2cccn2)n1. The highest BCUT2D eigenvalue weighted by molar-refractivity contribution is 5.76. The lowest BCUT2D eigenvalue weighted by Gasteiger charge is -2.24. The van der Waals surface area contributed by atoms with Crippen molar-refractivity contribution in [3.8, 4) is 0 Å². The summed E-state index contributed by atoms with van der Waals surface area (Å²) in [6.07, 6.45) is 7.73. The van der Waals surface area contributed by atoms with Gasteiger partial charge in [0.2, 0.25) is 11.8 Å². The molecule has 0 aliphatic carbocycles. The molecule has 0 N–H and O–H groups in total. The zero-order chi connectivity index (χ0) is 17.9. The number of aryl methyl sites for hydroxylation is 1. The summed E-state index contributed by atoms with van der Waals surface area (Å²) in [6, 6.07) is 2.17. The van der Waals surface area contributed by atoms with E-state index in [0.717, 1.165) is 32.4 Å². The molecule has 0 spiro atoms. The van der Waals surface area contributed by atoms with E-state index < -0.39 is 0 Å². The Hall–Kier alpha value is -2.18. The van der Waals surface area contributed by atoms with Gasteiger partial charge in [-0.15, -0.1) is 0 Å². The Labute approximate surface area is 148 Å². The summed E-state index contributed by atoms with van der Waals surface area (Å²) in [5.41, 5.74) is -0.118. The first kappa shape index (κ1) is 17.6. The molecule has 0 unspecified atom stereocenters. The first-order valence-electron chi connectivity index (χ1n) is 9.03. The normalized spacial score (nSPS) is 18.0. The fraction of sp³-hybridized carbons (Fsp3) is 0.667. The number of rotatable bonds is 6. The number of hydrogen-bond acceptors (Lipinski definition) is 5. The van der Waals surface area contributed by atoms with E-state index in [1.165, 1.54) is 0 Å². The van der Waals surface area contributed by atoms with Gasteiger partial charge in [0.1, 0.15) is 0 Å². The second-order valence-corrected chi connectivity index (χ2v) is 7.73. The van der Waals surface area contributed by atoms with Crippen molar-refractivity contribution in [1.82, 2.24) is 24.8 Å². The van der Waals surface area contributed by atoms with E-state index in [1.807, 2.05) is 21.8 Å². The largest absolute Gasteiger partial charge is 0.339 e. The molecule has 2 aromatic rings. The van der Waals surface area contributed by atoms with E-state index in [9.17, 15) is 4.79 Å². The number of aromatic nitrogens is 4. The molecule has 0 bridgehead atoms. The van der Waals surface area contributed by atoms with Crippen molar-refractivity contribution in [2.24, 2.45) is 0 Å². The Morgan fingerprint density at radius 3 is 2.92 bits per heavy atom. The average Bonchev–Trinajstić information content (AvgIpc) is 3.27. The number of hydrogen-bond donors (Lipinski definition) is 0. The highest BCUT2D eigenvalue weighted by atomic mass is 16.5. The number of nitrogens with zero attached hydrogens (tertiary/aromatic N) is 5. The lowest BCUT2D eigenvalue weighted by molar-refractivity contribution is -0.132. The summed E-state index contributed by atoms with van der Waals surface area (Å²) in [4.78, 5) is 19.0. The van der Waals surface area contributed by atoms with Crippen LogP contribution in [0.1, 0.15) is 58.2 Å². The predicted molar refractivity (Wildman–Crippen MR) is 92.9 cm³/mol. The van der Waals surface area contributed by atoms with E-state index in [2.05, 4.69) is 36.0 Å². The molecule has 3 heterocycles. The van der Waals surface area contributed by atoms with Gasteiger partial charge < -0.3 is 9.42 Å². The molecule has 1 amide bonds. The quantitative estimate of drug-likeness (QED) is 0.804. The number of carbonyl (C=O) groups excluding carboxylic acids is 1. The van der Waals surface area contributed by atoms with Crippen molar-refractivity contribution in [1.29, 1.82) is 0 Å². The van der Waals surface area contributed by atoms with E-state index in [1.54, 1.807) is 6.20 Å². The van der Waals surface area contributed by atoms with Crippen LogP contribution in [-0.4, -0.2) is 43.3 Å². The molecule has 0 radical (unpaired) electrons. The van der Waals surface area contributed by atoms with Crippen LogP contribution in [0.25, 0.3) is 0 Å². The van der Waals surface area contributed by atoms with Gasteiger partial charge in [0.25, 0.3) is 0 Å². The third-order valence-corrected chi connectivity index (χ3v) is 4.57. The molecular weight excluding hydrogens is 318 g/mol. The van der Waals surface area contributed by atoms with Gasteiger partial charge in [-0.05, 0) is 25.3 Å². The summed E-state index contributed by atoms with van der Waals surface area (Å²) < 4.78 is 7.20. The van der Waals surface area contributed by atoms with Crippen molar-refractivity contribution < 1.29 is 9.32 Å². The third-order valence-electron chi connectivity index (χ3n) is 4.57. The van der Waals surface area contributed by atoms with Crippen LogP contribution in [0.5, 0.6) is 0 Å². The highest BCUT2D eigenvalue weighted by Crippen LogP contribution is 2.21. The minimum Gasteiger partial charge on any atom is -0.339 e. The van der Waals surface area contributed by atoms with E-state index in [4.69, 9.17) is 4.52 Å². The Morgan fingerprint density at radius 1 is 1.40 bits per heavy atom. The van der Waals surface area contributed by atoms with Crippen LogP contribution in [-0.2, 0) is 23.2 Å². The maximum absolute atomic E-state index is 12.6. The minimum absolute atomic E-state index is 0.118. The van der Waals surface area contributed by atoms with Gasteiger partial charge in [0.15, 0.2) is 5.82 Å². The van der Waals surface area contributed by atoms with E-state index >= 15 is 0 Å². The molecule has 136 valence electrons. The van der Waals surface area contributed by atoms with Crippen molar-refractivity contribution in [3.63, 3.8) is 0 Å². The van der Waals surface area contributed by atoms with Crippen molar-refractivity contribution >= 4 is 5.91 Å². The molecule has 1 saturated heterocycles. The van der Waals surface area contributed by atoms with Crippen LogP contribution in [0.4, 0.5) is 0 Å². The fourth-order valence-electron chi connectivity index (χ4n) is 3.17. The molecule has 1 atom stereocenters. The minimum atomic E-state index is -0.118. The van der Waals surface area contributed by atoms with Crippen LogP contribution >= 0.6 is 0 Å². The van der Waals surface area contributed by atoms with Crippen molar-refractivity contribution in [2.75, 3.05) is 6.54 Å². The van der Waals surface area contributed by atoms with Gasteiger partial charge in [0, 0.05) is 37.2 Å². The number of amides is 1. The molecule has 2 aromatic heterocycles. The highest BCUT2D eigenvalue weighted by Gasteiger charge is 2.28. The van der Waals surface area contributed by atoms with Crippen LogP contribution in [0.15, 0.2) is 23.0 Å². The van der Waals surface area contributed by atoms with Crippen molar-refractivity contribution in [3.05, 3.63) is 30.2 Å². The molecule has 0 aromatic carbocycles. The molecule has 7 nitrogen and oxygen atoms in total. The average molecular weight is 345 g/mol. The molecule has 7 heteroatoms. The first-order valence-corrected chi connectivity index (χ1v) is 9.03. The summed E-state index contributed by atoms with van der Waals surface area (Å²) in [6.45, 7) is 7.78. The van der Waals surface area contributed by atoms with E-state index in [0.29, 0.717) is 24.6 Å². The summed E-state index contributed by atoms with van der Waals surface area (Å²) >= 11 is 0. The smallest absolute Gasteiger partial charge is 0.226 e. The summed E-state index contributed by atoms with van der Waals surface area (Å²) in [7, 11) is 0. The maximum atomic E-state index is 12.6. The standard InChI is InChI=1S/C18H27N5O2/c1-18(2,3)17-20-15(25-21-17)8-4-9-16(24)23-12-5-7-14(23)13-22-11-6-10-19-22/h6,10-11,14H,4-5,7-9,12-13H2,1-3H3/t14-/m1/s1. The Bertz CT molecular complexity index is 687. The first-order chi connectivity index (χ1) is 11.9. The van der Waals surface area contributed by atoms with Gasteiger partial charge in [-0.3, -0.25) is 9.48 Å². The number of carbonyl (C=O) groups is 1. The second-order valence-electron chi connectivity index (χ2n) is 7.73.